The minimum absolute atomic E-state index is 0.0215. The summed E-state index contributed by atoms with van der Waals surface area (Å²) in [5.74, 6) is 2.66. The van der Waals surface area contributed by atoms with Gasteiger partial charge >= 0.3 is 5.97 Å². The van der Waals surface area contributed by atoms with E-state index in [9.17, 15) is 4.79 Å². The highest BCUT2D eigenvalue weighted by Crippen LogP contribution is 2.47. The van der Waals surface area contributed by atoms with Gasteiger partial charge < -0.3 is 4.74 Å². The lowest BCUT2D eigenvalue weighted by Crippen LogP contribution is -2.47. The van der Waals surface area contributed by atoms with E-state index in [1.54, 1.807) is 0 Å². The number of ether oxygens (including phenoxy) is 1. The van der Waals surface area contributed by atoms with Crippen molar-refractivity contribution in [3.05, 3.63) is 0 Å². The fraction of sp³-hybridized carbons (Fsp3) is 0.963. The van der Waals surface area contributed by atoms with Gasteiger partial charge in [0.05, 0.1) is 5.41 Å². The topological polar surface area (TPSA) is 26.3 Å². The summed E-state index contributed by atoms with van der Waals surface area (Å²) in [5, 5.41) is 0. The molecule has 0 aromatic carbocycles. The van der Waals surface area contributed by atoms with Crippen molar-refractivity contribution in [3.8, 4) is 0 Å². The first kappa shape index (κ1) is 32.0. The van der Waals surface area contributed by atoms with Gasteiger partial charge in [-0.05, 0) is 69.5 Å². The molecule has 182 valence electrons. The van der Waals surface area contributed by atoms with E-state index in [1.165, 1.54) is 44.9 Å². The molecule has 0 aromatic rings. The van der Waals surface area contributed by atoms with E-state index in [-0.39, 0.29) is 17.0 Å². The van der Waals surface area contributed by atoms with E-state index >= 15 is 0 Å². The van der Waals surface area contributed by atoms with Crippen LogP contribution in [0.25, 0.3) is 0 Å². The van der Waals surface area contributed by atoms with Crippen LogP contribution in [0, 0.1) is 22.7 Å². The normalized spacial score (nSPS) is 25.7. The molecule has 2 rings (SSSR count). The Kier molecular flexibility index (Phi) is 16.6. The maximum absolute atomic E-state index is 12.7. The lowest BCUT2D eigenvalue weighted by molar-refractivity contribution is -0.182. The molecule has 3 atom stereocenters. The van der Waals surface area contributed by atoms with Crippen LogP contribution in [0.15, 0.2) is 0 Å². The maximum atomic E-state index is 12.7. The number of thiol groups is 1. The molecule has 3 heteroatoms. The molecule has 0 aliphatic heterocycles. The van der Waals surface area contributed by atoms with Gasteiger partial charge in [-0.2, -0.15) is 12.6 Å². The second-order valence-corrected chi connectivity index (χ2v) is 11.1. The van der Waals surface area contributed by atoms with Crippen LogP contribution in [-0.4, -0.2) is 17.3 Å². The largest absolute Gasteiger partial charge is 0.459 e. The van der Waals surface area contributed by atoms with Gasteiger partial charge in [0, 0.05) is 0 Å². The summed E-state index contributed by atoms with van der Waals surface area (Å²) in [6, 6.07) is 0. The zero-order chi connectivity index (χ0) is 24.0. The lowest BCUT2D eigenvalue weighted by atomic mass is 9.66. The average Bonchev–Trinajstić information content (AvgIpc) is 2.69. The maximum Gasteiger partial charge on any atom is 0.312 e. The van der Waals surface area contributed by atoms with Crippen LogP contribution in [0.1, 0.15) is 134 Å². The van der Waals surface area contributed by atoms with Crippen LogP contribution in [0.5, 0.6) is 0 Å². The minimum atomic E-state index is -0.445. The summed E-state index contributed by atoms with van der Waals surface area (Å²) >= 11 is 3.92. The number of esters is 1. The third-order valence-electron chi connectivity index (χ3n) is 6.75. The third-order valence-corrected chi connectivity index (χ3v) is 7.20. The first-order chi connectivity index (χ1) is 13.9. The summed E-state index contributed by atoms with van der Waals surface area (Å²) in [5.41, 5.74) is -0.764. The van der Waals surface area contributed by atoms with Crippen molar-refractivity contribution in [1.82, 2.24) is 0 Å². The Morgan fingerprint density at radius 2 is 1.40 bits per heavy atom. The van der Waals surface area contributed by atoms with Gasteiger partial charge in [0.1, 0.15) is 5.60 Å². The number of carbonyl (C=O) groups is 1. The summed E-state index contributed by atoms with van der Waals surface area (Å²) in [6.45, 7) is 22.9. The van der Waals surface area contributed by atoms with E-state index in [2.05, 4.69) is 61.1 Å². The zero-order valence-electron chi connectivity index (χ0n) is 22.5. The van der Waals surface area contributed by atoms with Crippen LogP contribution in [0.4, 0.5) is 0 Å². The quantitative estimate of drug-likeness (QED) is 0.347. The van der Waals surface area contributed by atoms with E-state index < -0.39 is 5.41 Å². The Morgan fingerprint density at radius 1 is 0.967 bits per heavy atom. The third kappa shape index (κ3) is 10.9. The molecule has 0 radical (unpaired) electrons. The standard InChI is InChI=1S/C19H34O2.C3H8S.C3H8.C2H6/c1-17(2,3)18(4,5)16(20)21-19(6)12-11-14-9-7-8-10-15(14)13-19;1-2-3-4;1-3-2;1-2/h14-15H,7-13H2,1-6H3;4H,2-3H2,1H3;3H2,1-2H3;1-2H3. The van der Waals surface area contributed by atoms with E-state index in [4.69, 9.17) is 4.74 Å². The lowest BCUT2D eigenvalue weighted by Gasteiger charge is -2.46. The highest BCUT2D eigenvalue weighted by Gasteiger charge is 2.46. The molecule has 2 saturated carbocycles. The SMILES string of the molecule is CC.CC1(OC(=O)C(C)(C)C(C)(C)C)CCC2CCCCC2C1.CCC.CCCS. The van der Waals surface area contributed by atoms with Crippen LogP contribution in [-0.2, 0) is 9.53 Å². The fourth-order valence-corrected chi connectivity index (χ4v) is 3.83. The van der Waals surface area contributed by atoms with Crippen LogP contribution >= 0.6 is 12.6 Å². The molecule has 0 amide bonds. The van der Waals surface area contributed by atoms with Gasteiger partial charge in [0.2, 0.25) is 0 Å². The first-order valence-electron chi connectivity index (χ1n) is 12.7. The summed E-state index contributed by atoms with van der Waals surface area (Å²) in [6.07, 6.45) is 11.3. The molecule has 3 unspecified atom stereocenters. The monoisotopic (exact) mass is 444 g/mol. The molecular formula is C27H56O2S. The van der Waals surface area contributed by atoms with Crippen molar-refractivity contribution in [2.45, 2.75) is 140 Å². The smallest absolute Gasteiger partial charge is 0.312 e. The van der Waals surface area contributed by atoms with Gasteiger partial charge in [-0.15, -0.1) is 0 Å². The molecule has 0 aromatic heterocycles. The van der Waals surface area contributed by atoms with E-state index in [0.29, 0.717) is 0 Å². The molecule has 2 aliphatic rings. The Morgan fingerprint density at radius 3 is 1.80 bits per heavy atom. The average molecular weight is 445 g/mol. The second kappa shape index (κ2) is 15.6. The molecule has 0 spiro atoms. The number of hydrogen-bond donors (Lipinski definition) is 1. The molecule has 2 nitrogen and oxygen atoms in total. The fourth-order valence-electron chi connectivity index (χ4n) is 3.83. The molecule has 30 heavy (non-hydrogen) atoms. The molecular weight excluding hydrogens is 388 g/mol. The number of rotatable bonds is 3. The molecule has 0 heterocycles. The van der Waals surface area contributed by atoms with Gasteiger partial charge in [-0.25, -0.2) is 0 Å². The van der Waals surface area contributed by atoms with Gasteiger partial charge in [-0.3, -0.25) is 4.79 Å². The second-order valence-electron chi connectivity index (χ2n) is 10.7. The van der Waals surface area contributed by atoms with Crippen molar-refractivity contribution in [2.75, 3.05) is 5.75 Å². The van der Waals surface area contributed by atoms with Crippen molar-refractivity contribution in [1.29, 1.82) is 0 Å². The molecule has 0 saturated heterocycles. The Balaban J connectivity index is 0. The van der Waals surface area contributed by atoms with Gasteiger partial charge in [0.25, 0.3) is 0 Å². The minimum Gasteiger partial charge on any atom is -0.459 e. The highest BCUT2D eigenvalue weighted by atomic mass is 32.1. The van der Waals surface area contributed by atoms with Crippen molar-refractivity contribution >= 4 is 18.6 Å². The molecule has 0 bridgehead atoms. The van der Waals surface area contributed by atoms with Crippen molar-refractivity contribution in [3.63, 3.8) is 0 Å². The Hall–Kier alpha value is -0.180. The predicted octanol–water partition coefficient (Wildman–Crippen LogP) is 9.12. The Bertz CT molecular complexity index is 437. The van der Waals surface area contributed by atoms with E-state index in [1.807, 2.05) is 27.7 Å². The molecule has 0 N–H and O–H groups in total. The summed E-state index contributed by atoms with van der Waals surface area (Å²) in [4.78, 5) is 12.7. The van der Waals surface area contributed by atoms with Crippen LogP contribution in [0.2, 0.25) is 0 Å². The van der Waals surface area contributed by atoms with Gasteiger partial charge in [0.15, 0.2) is 0 Å². The van der Waals surface area contributed by atoms with Crippen LogP contribution in [0.3, 0.4) is 0 Å². The van der Waals surface area contributed by atoms with Gasteiger partial charge in [-0.1, -0.05) is 87.5 Å². The first-order valence-corrected chi connectivity index (χ1v) is 13.4. The predicted molar refractivity (Wildman–Crippen MR) is 138 cm³/mol. The van der Waals surface area contributed by atoms with Crippen molar-refractivity contribution < 1.29 is 9.53 Å². The number of fused-ring (bicyclic) bond motifs is 1. The molecule has 2 aliphatic carbocycles. The summed E-state index contributed by atoms with van der Waals surface area (Å²) in [7, 11) is 0. The number of carbonyl (C=O) groups excluding carboxylic acids is 1. The number of hydrogen-bond acceptors (Lipinski definition) is 3. The zero-order valence-corrected chi connectivity index (χ0v) is 23.4. The highest BCUT2D eigenvalue weighted by molar-refractivity contribution is 7.80. The summed E-state index contributed by atoms with van der Waals surface area (Å²) < 4.78 is 6.08. The van der Waals surface area contributed by atoms with E-state index in [0.717, 1.165) is 30.4 Å². The molecule has 2 fully saturated rings. The Labute approximate surface area is 196 Å². The van der Waals surface area contributed by atoms with Crippen LogP contribution < -0.4 is 0 Å². The van der Waals surface area contributed by atoms with Crippen molar-refractivity contribution in [2.24, 2.45) is 22.7 Å².